The number of carbonyl (C=O) groups excluding carboxylic acids is 3. The van der Waals surface area contributed by atoms with Gasteiger partial charge in [-0.2, -0.15) is 0 Å². The predicted molar refractivity (Wildman–Crippen MR) is 146 cm³/mol. The van der Waals surface area contributed by atoms with E-state index in [0.29, 0.717) is 65.7 Å². The fraction of sp³-hybridized carbons (Fsp3) is 0.346. The Hall–Kier alpha value is -3.41. The van der Waals surface area contributed by atoms with Gasteiger partial charge < -0.3 is 24.8 Å². The van der Waals surface area contributed by atoms with Gasteiger partial charge in [0.25, 0.3) is 11.8 Å². The number of hydrogen-bond donors (Lipinski definition) is 2. The zero-order valence-electron chi connectivity index (χ0n) is 21.1. The molecule has 38 heavy (non-hydrogen) atoms. The number of rotatable bonds is 9. The number of benzene rings is 2. The molecule has 0 spiro atoms. The molecule has 2 heterocycles. The van der Waals surface area contributed by atoms with Crippen molar-refractivity contribution in [3.63, 3.8) is 0 Å². The number of ether oxygens (including phenoxy) is 1. The first kappa shape index (κ1) is 27.6. The van der Waals surface area contributed by atoms with Crippen molar-refractivity contribution in [3.05, 3.63) is 70.5 Å². The van der Waals surface area contributed by atoms with Crippen LogP contribution in [-0.2, 0) is 16.1 Å². The van der Waals surface area contributed by atoms with Gasteiger partial charge in [0.2, 0.25) is 5.91 Å². The molecule has 2 aromatic carbocycles. The average Bonchev–Trinajstić information content (AvgIpc) is 3.35. The van der Waals surface area contributed by atoms with Gasteiger partial charge in [-0.3, -0.25) is 14.4 Å². The molecule has 10 nitrogen and oxygen atoms in total. The smallest absolute Gasteiger partial charge is 0.254 e. The molecule has 1 aliphatic rings. The van der Waals surface area contributed by atoms with Gasteiger partial charge in [-0.05, 0) is 44.2 Å². The quantitative estimate of drug-likeness (QED) is 0.386. The summed E-state index contributed by atoms with van der Waals surface area (Å²) >= 11 is 7.38. The summed E-state index contributed by atoms with van der Waals surface area (Å²) in [4.78, 5) is 39.8. The van der Waals surface area contributed by atoms with Crippen molar-refractivity contribution >= 4 is 46.8 Å². The Morgan fingerprint density at radius 1 is 1.11 bits per heavy atom. The van der Waals surface area contributed by atoms with Crippen molar-refractivity contribution in [2.24, 2.45) is 0 Å². The average molecular weight is 557 g/mol. The molecule has 200 valence electrons. The Kier molecular flexibility index (Phi) is 9.38. The van der Waals surface area contributed by atoms with Crippen LogP contribution in [0.3, 0.4) is 0 Å². The number of morpholine rings is 1. The lowest BCUT2D eigenvalue weighted by Gasteiger charge is -2.27. The molecule has 1 saturated heterocycles. The van der Waals surface area contributed by atoms with Crippen molar-refractivity contribution < 1.29 is 19.1 Å². The van der Waals surface area contributed by atoms with E-state index >= 15 is 0 Å². The van der Waals surface area contributed by atoms with Gasteiger partial charge >= 0.3 is 0 Å². The van der Waals surface area contributed by atoms with Gasteiger partial charge in [0.15, 0.2) is 11.0 Å². The van der Waals surface area contributed by atoms with E-state index in [-0.39, 0.29) is 23.5 Å². The summed E-state index contributed by atoms with van der Waals surface area (Å²) in [5.41, 5.74) is 1.44. The number of aromatic nitrogens is 3. The number of anilines is 1. The number of amides is 3. The highest BCUT2D eigenvalue weighted by atomic mass is 35.5. The molecule has 0 unspecified atom stereocenters. The van der Waals surface area contributed by atoms with Crippen LogP contribution in [0.1, 0.15) is 46.4 Å². The Morgan fingerprint density at radius 3 is 2.61 bits per heavy atom. The Balaban J connectivity index is 1.35. The van der Waals surface area contributed by atoms with Crippen LogP contribution in [0.4, 0.5) is 5.69 Å². The van der Waals surface area contributed by atoms with Gasteiger partial charge in [-0.25, -0.2) is 0 Å². The molecular weight excluding hydrogens is 528 g/mol. The van der Waals surface area contributed by atoms with Crippen LogP contribution in [0.5, 0.6) is 0 Å². The molecule has 2 N–H and O–H groups in total. The fourth-order valence-corrected chi connectivity index (χ4v) is 5.05. The second kappa shape index (κ2) is 12.9. The van der Waals surface area contributed by atoms with E-state index < -0.39 is 6.04 Å². The molecule has 3 amide bonds. The third-order valence-corrected chi connectivity index (χ3v) is 7.24. The molecule has 1 atom stereocenters. The normalized spacial score (nSPS) is 14.1. The van der Waals surface area contributed by atoms with Crippen LogP contribution in [0.15, 0.2) is 53.7 Å². The van der Waals surface area contributed by atoms with Crippen molar-refractivity contribution in [1.82, 2.24) is 25.0 Å². The van der Waals surface area contributed by atoms with Crippen molar-refractivity contribution in [2.45, 2.75) is 31.6 Å². The molecule has 12 heteroatoms. The minimum atomic E-state index is -0.429. The van der Waals surface area contributed by atoms with E-state index in [2.05, 4.69) is 20.8 Å². The minimum absolute atomic E-state index is 0.0851. The first-order chi connectivity index (χ1) is 18.4. The molecule has 4 rings (SSSR count). The fourth-order valence-electron chi connectivity index (χ4n) is 4.01. The third kappa shape index (κ3) is 6.72. The maximum absolute atomic E-state index is 12.7. The largest absolute Gasteiger partial charge is 0.378 e. The summed E-state index contributed by atoms with van der Waals surface area (Å²) in [7, 11) is 0. The lowest BCUT2D eigenvalue weighted by atomic mass is 10.1. The zero-order valence-corrected chi connectivity index (χ0v) is 22.7. The highest BCUT2D eigenvalue weighted by Gasteiger charge is 2.22. The van der Waals surface area contributed by atoms with Crippen molar-refractivity contribution in [1.29, 1.82) is 0 Å². The molecule has 3 aromatic rings. The molecule has 0 bridgehead atoms. The Morgan fingerprint density at radius 2 is 1.87 bits per heavy atom. The van der Waals surface area contributed by atoms with Crippen molar-refractivity contribution in [2.75, 3.05) is 37.4 Å². The minimum Gasteiger partial charge on any atom is -0.378 e. The summed E-state index contributed by atoms with van der Waals surface area (Å²) in [6.45, 7) is 6.47. The number of hydrogen-bond acceptors (Lipinski definition) is 7. The van der Waals surface area contributed by atoms with Gasteiger partial charge in [0.05, 0.1) is 35.6 Å². The van der Waals surface area contributed by atoms with Crippen LogP contribution in [-0.4, -0.2) is 69.4 Å². The topological polar surface area (TPSA) is 118 Å². The van der Waals surface area contributed by atoms with E-state index in [4.69, 9.17) is 16.3 Å². The van der Waals surface area contributed by atoms with Crippen LogP contribution in [0, 0.1) is 0 Å². The predicted octanol–water partition coefficient (Wildman–Crippen LogP) is 3.65. The highest BCUT2D eigenvalue weighted by molar-refractivity contribution is 7.99. The van der Waals surface area contributed by atoms with Crippen molar-refractivity contribution in [3.8, 4) is 0 Å². The maximum atomic E-state index is 12.7. The molecule has 1 aromatic heterocycles. The lowest BCUT2D eigenvalue weighted by molar-refractivity contribution is -0.113. The second-order valence-electron chi connectivity index (χ2n) is 8.58. The maximum Gasteiger partial charge on any atom is 0.254 e. The number of thioether (sulfide) groups is 1. The van der Waals surface area contributed by atoms with Gasteiger partial charge in [0, 0.05) is 30.9 Å². The zero-order chi connectivity index (χ0) is 27.1. The number of carbonyl (C=O) groups is 3. The second-order valence-corrected chi connectivity index (χ2v) is 9.93. The summed E-state index contributed by atoms with van der Waals surface area (Å²) in [6, 6.07) is 13.3. The SMILES string of the molecule is CCn1c(SCC(=O)Nc2cccc(C(=O)N3CCOCC3)c2)nnc1[C@H](C)NC(=O)c1ccccc1Cl. The third-order valence-electron chi connectivity index (χ3n) is 5.94. The first-order valence-corrected chi connectivity index (χ1v) is 13.6. The van der Waals surface area contributed by atoms with Gasteiger partial charge in [0.1, 0.15) is 0 Å². The van der Waals surface area contributed by atoms with E-state index in [1.165, 1.54) is 11.8 Å². The number of nitrogens with zero attached hydrogens (tertiary/aromatic N) is 4. The Labute approximate surface area is 230 Å². The summed E-state index contributed by atoms with van der Waals surface area (Å²) in [5, 5.41) is 15.2. The standard InChI is InChI=1S/C26H29ClN6O4S/c1-3-33-23(17(2)28-24(35)20-9-4-5-10-21(20)27)30-31-26(33)38-16-22(34)29-19-8-6-7-18(15-19)25(36)32-11-13-37-14-12-32/h4-10,15,17H,3,11-14,16H2,1-2H3,(H,28,35)(H,29,34)/t17-/m0/s1. The highest BCUT2D eigenvalue weighted by Crippen LogP contribution is 2.22. The molecular formula is C26H29ClN6O4S. The number of halogens is 1. The molecule has 0 saturated carbocycles. The van der Waals surface area contributed by atoms with Crippen LogP contribution in [0.2, 0.25) is 5.02 Å². The molecule has 0 radical (unpaired) electrons. The summed E-state index contributed by atoms with van der Waals surface area (Å²) in [6.07, 6.45) is 0. The van der Waals surface area contributed by atoms with E-state index in [1.54, 1.807) is 53.4 Å². The molecule has 1 fully saturated rings. The monoisotopic (exact) mass is 556 g/mol. The van der Waals surface area contributed by atoms with Crippen LogP contribution < -0.4 is 10.6 Å². The van der Waals surface area contributed by atoms with Crippen LogP contribution >= 0.6 is 23.4 Å². The number of nitrogens with one attached hydrogen (secondary N) is 2. The lowest BCUT2D eigenvalue weighted by Crippen LogP contribution is -2.40. The van der Waals surface area contributed by atoms with Gasteiger partial charge in [-0.15, -0.1) is 10.2 Å². The molecule has 1 aliphatic heterocycles. The summed E-state index contributed by atoms with van der Waals surface area (Å²) in [5.74, 6) is 0.0401. The molecule has 0 aliphatic carbocycles. The van der Waals surface area contributed by atoms with Gasteiger partial charge in [-0.1, -0.05) is 41.6 Å². The van der Waals surface area contributed by atoms with E-state index in [1.807, 2.05) is 18.4 Å². The van der Waals surface area contributed by atoms with E-state index in [9.17, 15) is 14.4 Å². The first-order valence-electron chi connectivity index (χ1n) is 12.3. The Bertz CT molecular complexity index is 1310. The van der Waals surface area contributed by atoms with E-state index in [0.717, 1.165) is 0 Å². The summed E-state index contributed by atoms with van der Waals surface area (Å²) < 4.78 is 7.17. The van der Waals surface area contributed by atoms with Crippen LogP contribution in [0.25, 0.3) is 0 Å².